The Hall–Kier alpha value is -2.46. The number of Topliss-reactive ketones (excluding diaryl/α,β-unsaturated/α-hetero) is 1. The lowest BCUT2D eigenvalue weighted by atomic mass is 10.1. The van der Waals surface area contributed by atoms with Crippen LogP contribution in [0.5, 0.6) is 5.75 Å². The monoisotopic (exact) mass is 354 g/mol. The Morgan fingerprint density at radius 2 is 1.64 bits per heavy atom. The van der Waals surface area contributed by atoms with Crippen LogP contribution < -0.4 is 4.74 Å². The highest BCUT2D eigenvalue weighted by Crippen LogP contribution is 2.24. The minimum absolute atomic E-state index is 0.221. The van der Waals surface area contributed by atoms with Crippen molar-refractivity contribution >= 4 is 22.7 Å². The van der Waals surface area contributed by atoms with E-state index < -0.39 is 10.8 Å². The summed E-state index contributed by atoms with van der Waals surface area (Å²) in [4.78, 5) is 12.9. The Morgan fingerprint density at radius 3 is 2.28 bits per heavy atom. The van der Waals surface area contributed by atoms with Crippen molar-refractivity contribution in [1.82, 2.24) is 0 Å². The number of benzene rings is 2. The van der Waals surface area contributed by atoms with Crippen LogP contribution >= 0.6 is 0 Å². The number of ether oxygens (including phenoxy) is 1. The predicted octanol–water partition coefficient (Wildman–Crippen LogP) is 4.77. The van der Waals surface area contributed by atoms with Gasteiger partial charge in [0.05, 0.1) is 15.7 Å². The van der Waals surface area contributed by atoms with Crippen molar-refractivity contribution in [3.05, 3.63) is 76.7 Å². The van der Waals surface area contributed by atoms with E-state index >= 15 is 0 Å². The van der Waals surface area contributed by atoms with Crippen LogP contribution in [0.4, 0.5) is 0 Å². The van der Waals surface area contributed by atoms with Gasteiger partial charge in [0.25, 0.3) is 0 Å². The van der Waals surface area contributed by atoms with Gasteiger partial charge in [-0.15, -0.1) is 0 Å². The fourth-order valence-corrected chi connectivity index (χ4v) is 3.28. The zero-order valence-corrected chi connectivity index (χ0v) is 15.5. The molecule has 2 rings (SSSR count). The molecule has 0 spiro atoms. The number of para-hydroxylation sites is 1. The lowest BCUT2D eigenvalue weighted by molar-refractivity contribution is -0.112. The topological polar surface area (TPSA) is 43.4 Å². The second kappa shape index (κ2) is 9.14. The number of carbonyl (C=O) groups is 1. The fraction of sp³-hybridized carbons (Fsp3) is 0.190. The number of allylic oxidation sites excluding steroid dienone is 2. The molecule has 25 heavy (non-hydrogen) atoms. The molecule has 0 amide bonds. The van der Waals surface area contributed by atoms with Crippen molar-refractivity contribution in [3.8, 4) is 5.75 Å². The van der Waals surface area contributed by atoms with Gasteiger partial charge < -0.3 is 4.74 Å². The SMILES string of the molecule is CC(=O)/C(=C/c1ccccc1OCC=C(C)C)S(=O)c1ccccc1. The first-order chi connectivity index (χ1) is 12.0. The van der Waals surface area contributed by atoms with Gasteiger partial charge in [0.2, 0.25) is 0 Å². The highest BCUT2D eigenvalue weighted by molar-refractivity contribution is 7.90. The molecule has 0 N–H and O–H groups in total. The fourth-order valence-electron chi connectivity index (χ4n) is 2.13. The normalized spacial score (nSPS) is 12.4. The zero-order valence-electron chi connectivity index (χ0n) is 14.7. The van der Waals surface area contributed by atoms with Crippen molar-refractivity contribution in [2.24, 2.45) is 0 Å². The summed E-state index contributed by atoms with van der Waals surface area (Å²) in [6.07, 6.45) is 3.64. The summed E-state index contributed by atoms with van der Waals surface area (Å²) in [5.41, 5.74) is 1.90. The lowest BCUT2D eigenvalue weighted by Crippen LogP contribution is -2.05. The number of ketones is 1. The first-order valence-corrected chi connectivity index (χ1v) is 9.18. The van der Waals surface area contributed by atoms with Crippen molar-refractivity contribution < 1.29 is 13.7 Å². The third-order valence-electron chi connectivity index (χ3n) is 3.44. The molecule has 0 aliphatic rings. The third-order valence-corrected chi connectivity index (χ3v) is 4.95. The maximum Gasteiger partial charge on any atom is 0.169 e. The molecule has 130 valence electrons. The predicted molar refractivity (Wildman–Crippen MR) is 103 cm³/mol. The average molecular weight is 354 g/mol. The molecule has 2 aromatic carbocycles. The molecular weight excluding hydrogens is 332 g/mol. The number of hydrogen-bond acceptors (Lipinski definition) is 3. The molecule has 0 heterocycles. The van der Waals surface area contributed by atoms with Crippen LogP contribution in [0, 0.1) is 0 Å². The van der Waals surface area contributed by atoms with Gasteiger partial charge in [-0.1, -0.05) is 42.0 Å². The number of carbonyl (C=O) groups excluding carboxylic acids is 1. The largest absolute Gasteiger partial charge is 0.489 e. The summed E-state index contributed by atoms with van der Waals surface area (Å²) in [5, 5.41) is 0. The van der Waals surface area contributed by atoms with Crippen molar-refractivity contribution in [3.63, 3.8) is 0 Å². The van der Waals surface area contributed by atoms with E-state index in [2.05, 4.69) is 0 Å². The summed E-state index contributed by atoms with van der Waals surface area (Å²) in [6.45, 7) is 5.89. The van der Waals surface area contributed by atoms with Crippen molar-refractivity contribution in [2.75, 3.05) is 6.61 Å². The van der Waals surface area contributed by atoms with E-state index in [1.165, 1.54) is 12.5 Å². The van der Waals surface area contributed by atoms with E-state index in [-0.39, 0.29) is 10.7 Å². The Labute approximate surface area is 151 Å². The molecule has 0 saturated carbocycles. The first kappa shape index (κ1) is 18.9. The van der Waals surface area contributed by atoms with Crippen LogP contribution in [0.3, 0.4) is 0 Å². The second-order valence-corrected chi connectivity index (χ2v) is 7.23. The molecule has 3 nitrogen and oxygen atoms in total. The molecule has 0 fully saturated rings. The molecule has 2 aromatic rings. The van der Waals surface area contributed by atoms with Crippen LogP contribution in [-0.4, -0.2) is 16.6 Å². The molecule has 0 aromatic heterocycles. The molecule has 0 aliphatic carbocycles. The van der Waals surface area contributed by atoms with Crippen molar-refractivity contribution in [1.29, 1.82) is 0 Å². The maximum absolute atomic E-state index is 12.8. The molecule has 4 heteroatoms. The maximum atomic E-state index is 12.8. The van der Waals surface area contributed by atoms with Crippen LogP contribution in [0.2, 0.25) is 0 Å². The summed E-state index contributed by atoms with van der Waals surface area (Å²) in [5.74, 6) is 0.435. The van der Waals surface area contributed by atoms with E-state index in [1.54, 1.807) is 18.2 Å². The standard InChI is InChI=1S/C21H22O3S/c1-16(2)13-14-24-20-12-8-7-9-18(20)15-21(17(3)22)25(23)19-10-5-4-6-11-19/h4-13,15H,14H2,1-3H3/b21-15-. The van der Waals surface area contributed by atoms with Gasteiger partial charge in [0, 0.05) is 10.5 Å². The molecule has 0 radical (unpaired) electrons. The highest BCUT2D eigenvalue weighted by atomic mass is 32.2. The lowest BCUT2D eigenvalue weighted by Gasteiger charge is -2.09. The first-order valence-electron chi connectivity index (χ1n) is 8.03. The Balaban J connectivity index is 2.36. The Kier molecular flexibility index (Phi) is 6.90. The summed E-state index contributed by atoms with van der Waals surface area (Å²) in [7, 11) is -1.53. The highest BCUT2D eigenvalue weighted by Gasteiger charge is 2.16. The number of hydrogen-bond donors (Lipinski definition) is 0. The van der Waals surface area contributed by atoms with Gasteiger partial charge in [0.15, 0.2) is 5.78 Å². The van der Waals surface area contributed by atoms with Gasteiger partial charge in [-0.3, -0.25) is 4.79 Å². The van der Waals surface area contributed by atoms with E-state index in [0.717, 1.165) is 5.56 Å². The molecule has 0 aliphatic heterocycles. The van der Waals surface area contributed by atoms with E-state index in [1.807, 2.05) is 62.4 Å². The average Bonchev–Trinajstić information content (AvgIpc) is 2.60. The number of rotatable bonds is 7. The minimum atomic E-state index is -1.53. The van der Waals surface area contributed by atoms with Crippen LogP contribution in [-0.2, 0) is 15.6 Å². The van der Waals surface area contributed by atoms with Gasteiger partial charge in [-0.05, 0) is 51.1 Å². The Morgan fingerprint density at radius 1 is 1.00 bits per heavy atom. The van der Waals surface area contributed by atoms with Gasteiger partial charge >= 0.3 is 0 Å². The van der Waals surface area contributed by atoms with Gasteiger partial charge in [-0.25, -0.2) is 4.21 Å². The van der Waals surface area contributed by atoms with Gasteiger partial charge in [0.1, 0.15) is 12.4 Å². The molecule has 0 bridgehead atoms. The smallest absolute Gasteiger partial charge is 0.169 e. The minimum Gasteiger partial charge on any atom is -0.489 e. The van der Waals surface area contributed by atoms with E-state index in [9.17, 15) is 9.00 Å². The summed E-state index contributed by atoms with van der Waals surface area (Å²) >= 11 is 0. The molecule has 1 unspecified atom stereocenters. The summed E-state index contributed by atoms with van der Waals surface area (Å²) < 4.78 is 18.6. The Bertz CT molecular complexity index is 816. The van der Waals surface area contributed by atoms with E-state index in [0.29, 0.717) is 17.3 Å². The molecular formula is C21H22O3S. The zero-order chi connectivity index (χ0) is 18.2. The second-order valence-electron chi connectivity index (χ2n) is 5.78. The molecule has 0 saturated heterocycles. The molecule has 1 atom stereocenters. The van der Waals surface area contributed by atoms with Crippen LogP contribution in [0.25, 0.3) is 6.08 Å². The van der Waals surface area contributed by atoms with E-state index in [4.69, 9.17) is 4.74 Å². The third kappa shape index (κ3) is 5.54. The summed E-state index contributed by atoms with van der Waals surface area (Å²) in [6, 6.07) is 16.4. The quantitative estimate of drug-likeness (QED) is 0.531. The van der Waals surface area contributed by atoms with Crippen molar-refractivity contribution in [2.45, 2.75) is 25.7 Å². The van der Waals surface area contributed by atoms with Crippen LogP contribution in [0.15, 0.2) is 76.0 Å². The van der Waals surface area contributed by atoms with Crippen LogP contribution in [0.1, 0.15) is 26.3 Å². The van der Waals surface area contributed by atoms with Gasteiger partial charge in [-0.2, -0.15) is 0 Å².